The Morgan fingerprint density at radius 2 is 1.93 bits per heavy atom. The fraction of sp³-hybridized carbons (Fsp3) is 0.240. The van der Waals surface area contributed by atoms with Gasteiger partial charge >= 0.3 is 6.18 Å². The third-order valence-corrected chi connectivity index (χ3v) is 7.03. The first-order chi connectivity index (χ1) is 19.2. The van der Waals surface area contributed by atoms with E-state index in [9.17, 15) is 22.9 Å². The summed E-state index contributed by atoms with van der Waals surface area (Å²) in [4.78, 5) is 35.3. The van der Waals surface area contributed by atoms with Gasteiger partial charge in [-0.3, -0.25) is 9.48 Å². The maximum Gasteiger partial charge on any atom is 0.421 e. The van der Waals surface area contributed by atoms with Gasteiger partial charge in [0.15, 0.2) is 14.1 Å². The molecule has 0 saturated heterocycles. The summed E-state index contributed by atoms with van der Waals surface area (Å²) in [5.74, 6) is -1.26. The molecule has 0 radical (unpaired) electrons. The highest BCUT2D eigenvalue weighted by Crippen LogP contribution is 2.38. The fourth-order valence-electron chi connectivity index (χ4n) is 3.92. The molecular formula is C25H24F3N8O3P. The Labute approximate surface area is 227 Å². The fourth-order valence-corrected chi connectivity index (χ4v) is 4.88. The predicted octanol–water partition coefficient (Wildman–Crippen LogP) is 4.83. The average molecular weight is 572 g/mol. The Kier molecular flexibility index (Phi) is 7.92. The van der Waals surface area contributed by atoms with E-state index < -0.39 is 31.8 Å². The van der Waals surface area contributed by atoms with Crippen molar-refractivity contribution in [2.24, 2.45) is 0 Å². The molecule has 11 nitrogen and oxygen atoms in total. The Bertz CT molecular complexity index is 1510. The molecule has 3 aromatic heterocycles. The summed E-state index contributed by atoms with van der Waals surface area (Å²) in [6.07, 6.45) is 0.127. The van der Waals surface area contributed by atoms with Crippen LogP contribution >= 0.6 is 8.38 Å². The van der Waals surface area contributed by atoms with E-state index in [0.717, 1.165) is 5.56 Å². The van der Waals surface area contributed by atoms with Gasteiger partial charge in [-0.2, -0.15) is 23.3 Å². The number of nitrogens with zero attached hydrogens (tertiary/aromatic N) is 5. The molecule has 1 atom stereocenters. The van der Waals surface area contributed by atoms with Gasteiger partial charge in [0.1, 0.15) is 11.4 Å². The van der Waals surface area contributed by atoms with Crippen molar-refractivity contribution < 1.29 is 27.4 Å². The second-order valence-electron chi connectivity index (χ2n) is 8.76. The lowest BCUT2D eigenvalue weighted by molar-refractivity contribution is -0.137. The number of hydrogen-bond donors (Lipinski definition) is 4. The van der Waals surface area contributed by atoms with Crippen molar-refractivity contribution in [2.75, 3.05) is 24.3 Å². The number of nitrogens with one attached hydrogen (secondary N) is 3. The zero-order valence-corrected chi connectivity index (χ0v) is 22.0. The molecule has 8 bridgehead atoms. The topological polar surface area (TPSA) is 139 Å². The minimum absolute atomic E-state index is 0.0230. The molecule has 0 aliphatic carbocycles. The molecule has 8 rings (SSSR count). The van der Waals surface area contributed by atoms with Gasteiger partial charge in [-0.15, -0.1) is 0 Å². The van der Waals surface area contributed by atoms with Crippen LogP contribution in [0.5, 0.6) is 0 Å². The molecular weight excluding hydrogens is 548 g/mol. The Hall–Kier alpha value is -4.13. The van der Waals surface area contributed by atoms with E-state index in [0.29, 0.717) is 48.9 Å². The van der Waals surface area contributed by atoms with Crippen molar-refractivity contribution in [2.45, 2.75) is 25.3 Å². The standard InChI is InChI=1S/C25H24F3N8O3P/c1-29-23(37)21-20-8-7-19(33-21)16-11-31-36(13-16)9-2-10-39-40(38)14-15-3-5-17(6-4-15)32-24-30-12-18(25(26,27)28)22(34-20)35-24/h3-8,11-13,38H,2,9-10,14H2,1H3,(H,29,37)(H2,30,32,34,35). The second-order valence-corrected chi connectivity index (χ2v) is 10.0. The minimum Gasteiger partial charge on any atom is -0.354 e. The molecule has 4 aliphatic heterocycles. The summed E-state index contributed by atoms with van der Waals surface area (Å²) < 4.78 is 48.9. The van der Waals surface area contributed by atoms with E-state index >= 15 is 0 Å². The van der Waals surface area contributed by atoms with Gasteiger partial charge in [0.2, 0.25) is 5.95 Å². The second kappa shape index (κ2) is 11.5. The SMILES string of the molecule is CNC(=O)c1nc2ccc1Nc1nc(ncc1C(F)(F)F)Nc1ccc(cc1)CP(O)OCCCn1cc-2cn1. The van der Waals surface area contributed by atoms with Crippen LogP contribution < -0.4 is 16.0 Å². The Morgan fingerprint density at radius 1 is 1.12 bits per heavy atom. The van der Waals surface area contributed by atoms with E-state index in [1.165, 1.54) is 13.1 Å². The number of aryl methyl sites for hydroxylation is 1. The Morgan fingerprint density at radius 3 is 2.67 bits per heavy atom. The third kappa shape index (κ3) is 6.36. The van der Waals surface area contributed by atoms with Gasteiger partial charge in [-0.25, -0.2) is 9.97 Å². The van der Waals surface area contributed by atoms with Crippen LogP contribution in [0.25, 0.3) is 11.3 Å². The molecule has 0 fully saturated rings. The molecule has 0 spiro atoms. The van der Waals surface area contributed by atoms with Crippen LogP contribution in [0, 0.1) is 0 Å². The molecule has 1 unspecified atom stereocenters. The van der Waals surface area contributed by atoms with Crippen LogP contribution in [0.2, 0.25) is 0 Å². The molecule has 1 amide bonds. The third-order valence-electron chi connectivity index (χ3n) is 5.91. The summed E-state index contributed by atoms with van der Waals surface area (Å²) >= 11 is 0. The molecule has 4 aliphatic rings. The van der Waals surface area contributed by atoms with Crippen LogP contribution in [0.3, 0.4) is 0 Å². The predicted molar refractivity (Wildman–Crippen MR) is 142 cm³/mol. The van der Waals surface area contributed by atoms with Crippen molar-refractivity contribution in [3.8, 4) is 11.3 Å². The highest BCUT2D eigenvalue weighted by molar-refractivity contribution is 7.45. The monoisotopic (exact) mass is 572 g/mol. The van der Waals surface area contributed by atoms with Gasteiger partial charge in [-0.05, 0) is 36.2 Å². The highest BCUT2D eigenvalue weighted by atomic mass is 31.2. The zero-order valence-electron chi connectivity index (χ0n) is 21.1. The molecule has 7 heterocycles. The summed E-state index contributed by atoms with van der Waals surface area (Å²) in [6, 6.07) is 9.95. The quantitative estimate of drug-likeness (QED) is 0.236. The van der Waals surface area contributed by atoms with E-state index in [2.05, 4.69) is 36.0 Å². The number of pyridine rings is 1. The molecule has 0 saturated carbocycles. The maximum absolute atomic E-state index is 13.9. The average Bonchev–Trinajstić information content (AvgIpc) is 3.40. The van der Waals surface area contributed by atoms with Crippen LogP contribution in [0.1, 0.15) is 28.0 Å². The van der Waals surface area contributed by atoms with E-state index in [4.69, 9.17) is 4.52 Å². The van der Waals surface area contributed by atoms with Crippen molar-refractivity contribution in [1.82, 2.24) is 30.0 Å². The van der Waals surface area contributed by atoms with Gasteiger partial charge in [-0.1, -0.05) is 12.1 Å². The van der Waals surface area contributed by atoms with Gasteiger partial charge in [0.25, 0.3) is 5.91 Å². The lowest BCUT2D eigenvalue weighted by Gasteiger charge is -2.17. The summed E-state index contributed by atoms with van der Waals surface area (Å²) in [7, 11) is -0.292. The number of anilines is 4. The number of alkyl halides is 3. The molecule has 208 valence electrons. The minimum atomic E-state index is -4.77. The highest BCUT2D eigenvalue weighted by Gasteiger charge is 2.36. The van der Waals surface area contributed by atoms with Gasteiger partial charge < -0.3 is 25.4 Å². The Balaban J connectivity index is 1.58. The number of aromatic nitrogens is 5. The summed E-state index contributed by atoms with van der Waals surface area (Å²) in [5.41, 5.74) is 1.13. The first kappa shape index (κ1) is 27.4. The molecule has 40 heavy (non-hydrogen) atoms. The van der Waals surface area contributed by atoms with Crippen LogP contribution in [-0.4, -0.2) is 49.2 Å². The van der Waals surface area contributed by atoms with Crippen molar-refractivity contribution in [3.05, 3.63) is 71.8 Å². The number of halogens is 3. The number of rotatable bonds is 1. The largest absolute Gasteiger partial charge is 0.421 e. The normalized spacial score (nSPS) is 15.9. The van der Waals surface area contributed by atoms with Gasteiger partial charge in [0, 0.05) is 43.4 Å². The van der Waals surface area contributed by atoms with Gasteiger partial charge in [0.05, 0.1) is 24.2 Å². The van der Waals surface area contributed by atoms with Crippen molar-refractivity contribution in [3.63, 3.8) is 0 Å². The number of amides is 1. The van der Waals surface area contributed by atoms with E-state index in [1.54, 1.807) is 47.4 Å². The van der Waals surface area contributed by atoms with Crippen LogP contribution in [0.15, 0.2) is 55.0 Å². The van der Waals surface area contributed by atoms with Crippen LogP contribution in [0.4, 0.5) is 36.3 Å². The number of benzene rings is 1. The van der Waals surface area contributed by atoms with Crippen LogP contribution in [-0.2, 0) is 23.4 Å². The van der Waals surface area contributed by atoms with Crippen molar-refractivity contribution in [1.29, 1.82) is 0 Å². The maximum atomic E-state index is 13.9. The smallest absolute Gasteiger partial charge is 0.354 e. The molecule has 15 heteroatoms. The molecule has 4 aromatic rings. The number of hydrogen-bond acceptors (Lipinski definition) is 9. The van der Waals surface area contributed by atoms with E-state index in [1.807, 2.05) is 0 Å². The lowest BCUT2D eigenvalue weighted by Crippen LogP contribution is -2.21. The molecule has 4 N–H and O–H groups in total. The zero-order chi connectivity index (χ0) is 28.3. The molecule has 1 aromatic carbocycles. The first-order valence-corrected chi connectivity index (χ1v) is 13.5. The van der Waals surface area contributed by atoms with Crippen molar-refractivity contribution >= 4 is 37.4 Å². The van der Waals surface area contributed by atoms with E-state index in [-0.39, 0.29) is 17.3 Å². The first-order valence-electron chi connectivity index (χ1n) is 12.1. The number of carbonyl (C=O) groups excluding carboxylic acids is 1. The summed E-state index contributed by atoms with van der Waals surface area (Å²) in [5, 5.41) is 12.3. The lowest BCUT2D eigenvalue weighted by atomic mass is 10.1. The summed E-state index contributed by atoms with van der Waals surface area (Å²) in [6.45, 7) is 0.853. The number of carbonyl (C=O) groups is 1.